The number of aromatic nitrogens is 2. The van der Waals surface area contributed by atoms with Gasteiger partial charge in [-0.05, 0) is 41.4 Å². The molecule has 1 aliphatic rings. The lowest BCUT2D eigenvalue weighted by molar-refractivity contribution is 0.0584. The van der Waals surface area contributed by atoms with Crippen LogP contribution in [0.4, 0.5) is 0 Å². The van der Waals surface area contributed by atoms with Crippen molar-refractivity contribution in [1.82, 2.24) is 19.8 Å². The van der Waals surface area contributed by atoms with Gasteiger partial charge in [0, 0.05) is 32.2 Å². The van der Waals surface area contributed by atoms with Crippen LogP contribution in [0.2, 0.25) is 0 Å². The van der Waals surface area contributed by atoms with Crippen molar-refractivity contribution in [3.05, 3.63) is 52.5 Å². The lowest BCUT2D eigenvalue weighted by Crippen LogP contribution is -2.49. The van der Waals surface area contributed by atoms with Crippen LogP contribution in [0.25, 0.3) is 11.0 Å². The van der Waals surface area contributed by atoms with Crippen molar-refractivity contribution in [3.63, 3.8) is 0 Å². The molecule has 0 saturated carbocycles. The molecule has 1 atom stereocenters. The molecule has 3 heterocycles. The SMILES string of the molecule is CC(c1ccsc1)N1CCN(C(=O)c2cccc3[nH]cnc23)CC1. The number of nitrogens with zero attached hydrogens (tertiary/aromatic N) is 3. The third kappa shape index (κ3) is 2.72. The van der Waals surface area contributed by atoms with Gasteiger partial charge in [-0.25, -0.2) is 4.98 Å². The van der Waals surface area contributed by atoms with E-state index in [1.165, 1.54) is 5.56 Å². The van der Waals surface area contributed by atoms with Crippen LogP contribution in [-0.2, 0) is 0 Å². The Bertz CT molecular complexity index is 834. The largest absolute Gasteiger partial charge is 0.345 e. The van der Waals surface area contributed by atoms with Crippen LogP contribution in [-0.4, -0.2) is 51.9 Å². The number of carbonyl (C=O) groups is 1. The van der Waals surface area contributed by atoms with E-state index in [2.05, 4.69) is 38.6 Å². The maximum atomic E-state index is 12.9. The number of hydrogen-bond donors (Lipinski definition) is 1. The van der Waals surface area contributed by atoms with Gasteiger partial charge in [-0.15, -0.1) is 0 Å². The quantitative estimate of drug-likeness (QED) is 0.797. The summed E-state index contributed by atoms with van der Waals surface area (Å²) in [6.45, 7) is 5.56. The maximum absolute atomic E-state index is 12.9. The Morgan fingerprint density at radius 1 is 1.25 bits per heavy atom. The van der Waals surface area contributed by atoms with Crippen molar-refractivity contribution >= 4 is 28.3 Å². The van der Waals surface area contributed by atoms with Crippen LogP contribution in [0, 0.1) is 0 Å². The van der Waals surface area contributed by atoms with Crippen LogP contribution in [0.1, 0.15) is 28.9 Å². The molecule has 0 radical (unpaired) electrons. The second-order valence-electron chi connectivity index (χ2n) is 6.17. The number of rotatable bonds is 3. The number of amides is 1. The fourth-order valence-corrected chi connectivity index (χ4v) is 4.09. The van der Waals surface area contributed by atoms with Crippen molar-refractivity contribution < 1.29 is 4.79 Å². The highest BCUT2D eigenvalue weighted by molar-refractivity contribution is 7.07. The average molecular weight is 340 g/mol. The normalized spacial score (nSPS) is 17.3. The van der Waals surface area contributed by atoms with E-state index in [0.717, 1.165) is 37.2 Å². The molecule has 1 amide bonds. The average Bonchev–Trinajstić information content (AvgIpc) is 3.31. The molecule has 2 aromatic heterocycles. The van der Waals surface area contributed by atoms with Gasteiger partial charge in [0.25, 0.3) is 5.91 Å². The molecule has 0 aliphatic carbocycles. The van der Waals surface area contributed by atoms with Gasteiger partial charge in [0.2, 0.25) is 0 Å². The second-order valence-corrected chi connectivity index (χ2v) is 6.95. The predicted molar refractivity (Wildman–Crippen MR) is 96.3 cm³/mol. The number of fused-ring (bicyclic) bond motifs is 1. The van der Waals surface area contributed by atoms with Crippen LogP contribution in [0.3, 0.4) is 0 Å². The third-order valence-electron chi connectivity index (χ3n) is 4.85. The van der Waals surface area contributed by atoms with Crippen molar-refractivity contribution in [2.75, 3.05) is 26.2 Å². The van der Waals surface area contributed by atoms with E-state index in [1.807, 2.05) is 23.1 Å². The number of carbonyl (C=O) groups excluding carboxylic acids is 1. The number of H-pyrrole nitrogens is 1. The summed E-state index contributed by atoms with van der Waals surface area (Å²) in [5, 5.41) is 4.33. The van der Waals surface area contributed by atoms with Gasteiger partial charge in [0.15, 0.2) is 0 Å². The minimum absolute atomic E-state index is 0.0792. The lowest BCUT2D eigenvalue weighted by Gasteiger charge is -2.38. The molecule has 0 bridgehead atoms. The van der Waals surface area contributed by atoms with Crippen molar-refractivity contribution in [2.24, 2.45) is 0 Å². The zero-order chi connectivity index (χ0) is 16.5. The molecule has 1 N–H and O–H groups in total. The topological polar surface area (TPSA) is 52.2 Å². The number of hydrogen-bond acceptors (Lipinski definition) is 4. The number of imidazole rings is 1. The van der Waals surface area contributed by atoms with Crippen LogP contribution < -0.4 is 0 Å². The molecule has 124 valence electrons. The van der Waals surface area contributed by atoms with E-state index in [9.17, 15) is 4.79 Å². The van der Waals surface area contributed by atoms with Gasteiger partial charge in [0.05, 0.1) is 17.4 Å². The molecule has 1 aliphatic heterocycles. The van der Waals surface area contributed by atoms with E-state index in [4.69, 9.17) is 0 Å². The summed E-state index contributed by atoms with van der Waals surface area (Å²) in [5.74, 6) is 0.0792. The number of piperazine rings is 1. The number of thiophene rings is 1. The van der Waals surface area contributed by atoms with Crippen molar-refractivity contribution in [3.8, 4) is 0 Å². The first-order chi connectivity index (χ1) is 11.7. The summed E-state index contributed by atoms with van der Waals surface area (Å²) in [6, 6.07) is 8.31. The van der Waals surface area contributed by atoms with E-state index in [1.54, 1.807) is 17.7 Å². The Morgan fingerprint density at radius 3 is 2.83 bits per heavy atom. The van der Waals surface area contributed by atoms with Crippen molar-refractivity contribution in [2.45, 2.75) is 13.0 Å². The molecule has 3 aromatic rings. The molecular weight excluding hydrogens is 320 g/mol. The molecule has 1 aromatic carbocycles. The number of aromatic amines is 1. The first-order valence-corrected chi connectivity index (χ1v) is 9.16. The summed E-state index contributed by atoms with van der Waals surface area (Å²) in [7, 11) is 0. The van der Waals surface area contributed by atoms with E-state index < -0.39 is 0 Å². The summed E-state index contributed by atoms with van der Waals surface area (Å²) in [5.41, 5.74) is 3.72. The van der Waals surface area contributed by atoms with Gasteiger partial charge in [-0.1, -0.05) is 6.07 Å². The molecule has 1 unspecified atom stereocenters. The fourth-order valence-electron chi connectivity index (χ4n) is 3.34. The van der Waals surface area contributed by atoms with Gasteiger partial charge in [-0.3, -0.25) is 9.69 Å². The highest BCUT2D eigenvalue weighted by Crippen LogP contribution is 2.24. The Hall–Kier alpha value is -2.18. The molecule has 1 fully saturated rings. The molecule has 24 heavy (non-hydrogen) atoms. The van der Waals surface area contributed by atoms with Crippen LogP contribution >= 0.6 is 11.3 Å². The first kappa shape index (κ1) is 15.4. The summed E-state index contributed by atoms with van der Waals surface area (Å²) < 4.78 is 0. The monoisotopic (exact) mass is 340 g/mol. The first-order valence-electron chi connectivity index (χ1n) is 8.21. The maximum Gasteiger partial charge on any atom is 0.256 e. The molecular formula is C18H20N4OS. The molecule has 1 saturated heterocycles. The highest BCUT2D eigenvalue weighted by atomic mass is 32.1. The van der Waals surface area contributed by atoms with Crippen LogP contribution in [0.15, 0.2) is 41.4 Å². The molecule has 0 spiro atoms. The second kappa shape index (κ2) is 6.37. The zero-order valence-electron chi connectivity index (χ0n) is 13.6. The summed E-state index contributed by atoms with van der Waals surface area (Å²) in [4.78, 5) is 24.6. The van der Waals surface area contributed by atoms with Crippen molar-refractivity contribution in [1.29, 1.82) is 0 Å². The Balaban J connectivity index is 1.46. The third-order valence-corrected chi connectivity index (χ3v) is 5.56. The predicted octanol–water partition coefficient (Wildman–Crippen LogP) is 3.14. The smallest absolute Gasteiger partial charge is 0.256 e. The number of benzene rings is 1. The number of para-hydroxylation sites is 1. The molecule has 4 rings (SSSR count). The van der Waals surface area contributed by atoms with E-state index in [0.29, 0.717) is 11.6 Å². The lowest BCUT2D eigenvalue weighted by atomic mass is 10.1. The minimum atomic E-state index is 0.0792. The Kier molecular flexibility index (Phi) is 4.08. The molecule has 5 nitrogen and oxygen atoms in total. The van der Waals surface area contributed by atoms with Gasteiger partial charge in [0.1, 0.15) is 5.52 Å². The highest BCUT2D eigenvalue weighted by Gasteiger charge is 2.26. The zero-order valence-corrected chi connectivity index (χ0v) is 14.4. The summed E-state index contributed by atoms with van der Waals surface area (Å²) >= 11 is 1.74. The minimum Gasteiger partial charge on any atom is -0.345 e. The standard InChI is InChI=1S/C18H20N4OS/c1-13(14-5-10-24-11-14)21-6-8-22(9-7-21)18(23)15-3-2-4-16-17(15)20-12-19-16/h2-5,10-13H,6-9H2,1H3,(H,19,20). The van der Waals surface area contributed by atoms with Gasteiger partial charge in [-0.2, -0.15) is 11.3 Å². The summed E-state index contributed by atoms with van der Waals surface area (Å²) in [6.07, 6.45) is 1.64. The Labute approximate surface area is 144 Å². The van der Waals surface area contributed by atoms with Gasteiger partial charge < -0.3 is 9.88 Å². The van der Waals surface area contributed by atoms with E-state index in [-0.39, 0.29) is 5.91 Å². The Morgan fingerprint density at radius 2 is 2.08 bits per heavy atom. The van der Waals surface area contributed by atoms with Gasteiger partial charge >= 0.3 is 0 Å². The van der Waals surface area contributed by atoms with E-state index >= 15 is 0 Å². The van der Waals surface area contributed by atoms with Crippen LogP contribution in [0.5, 0.6) is 0 Å². The molecule has 6 heteroatoms. The number of nitrogens with one attached hydrogen (secondary N) is 1. The fraction of sp³-hybridized carbons (Fsp3) is 0.333.